The van der Waals surface area contributed by atoms with Crippen LogP contribution in [0.1, 0.15) is 65.0 Å². The minimum absolute atomic E-state index is 0.221. The number of carbonyl (C=O) groups is 1. The molecule has 4 nitrogen and oxygen atoms in total. The van der Waals surface area contributed by atoms with Gasteiger partial charge < -0.3 is 15.4 Å². The topological polar surface area (TPSA) is 50.4 Å². The molecule has 1 fully saturated rings. The van der Waals surface area contributed by atoms with Crippen LogP contribution in [-0.2, 0) is 4.74 Å². The van der Waals surface area contributed by atoms with Crippen molar-refractivity contribution in [2.75, 3.05) is 0 Å². The summed E-state index contributed by atoms with van der Waals surface area (Å²) in [6, 6.07) is 9.46. The van der Waals surface area contributed by atoms with E-state index in [1.165, 1.54) is 5.56 Å². The number of hydrogen-bond donors (Lipinski definition) is 2. The van der Waals surface area contributed by atoms with E-state index in [9.17, 15) is 4.79 Å². The standard InChI is InChI=1S/C19H29BrN2O2/c1-13(14-6-5-7-15(20)12-14)21-16-8-10-17(11-9-16)22-18(23)24-19(2,3)4/h5-7,12-13,16-17,21H,8-11H2,1-4H3,(H,22,23)/t13-,16?,17?/m0/s1. The molecule has 5 heteroatoms. The molecule has 0 bridgehead atoms. The molecular formula is C19H29BrN2O2. The van der Waals surface area contributed by atoms with Gasteiger partial charge in [-0.3, -0.25) is 0 Å². The Labute approximate surface area is 153 Å². The highest BCUT2D eigenvalue weighted by atomic mass is 79.9. The summed E-state index contributed by atoms with van der Waals surface area (Å²) in [5, 5.41) is 6.70. The highest BCUT2D eigenvalue weighted by Gasteiger charge is 2.25. The molecule has 1 aromatic carbocycles. The molecule has 0 aromatic heterocycles. The predicted octanol–water partition coefficient (Wildman–Crippen LogP) is 4.94. The Morgan fingerprint density at radius 3 is 2.42 bits per heavy atom. The Hall–Kier alpha value is -1.07. The van der Waals surface area contributed by atoms with Crippen LogP contribution in [0.15, 0.2) is 28.7 Å². The Balaban J connectivity index is 1.75. The molecule has 1 saturated carbocycles. The van der Waals surface area contributed by atoms with Crippen molar-refractivity contribution in [1.82, 2.24) is 10.6 Å². The minimum Gasteiger partial charge on any atom is -0.444 e. The SMILES string of the molecule is C[C@H](NC1CCC(NC(=O)OC(C)(C)C)CC1)c1cccc(Br)c1. The molecule has 1 aliphatic carbocycles. The molecule has 0 spiro atoms. The van der Waals surface area contributed by atoms with Gasteiger partial charge >= 0.3 is 6.09 Å². The fourth-order valence-corrected chi connectivity index (χ4v) is 3.52. The number of rotatable bonds is 4. The van der Waals surface area contributed by atoms with Gasteiger partial charge in [-0.15, -0.1) is 0 Å². The average molecular weight is 397 g/mol. The van der Waals surface area contributed by atoms with Gasteiger partial charge in [0.15, 0.2) is 0 Å². The maximum absolute atomic E-state index is 11.8. The second kappa shape index (κ2) is 8.34. The van der Waals surface area contributed by atoms with E-state index in [1.807, 2.05) is 26.8 Å². The molecule has 2 N–H and O–H groups in total. The number of ether oxygens (including phenoxy) is 1. The second-order valence-corrected chi connectivity index (χ2v) is 8.55. The number of benzene rings is 1. The number of halogens is 1. The van der Waals surface area contributed by atoms with Crippen LogP contribution in [0.25, 0.3) is 0 Å². The lowest BCUT2D eigenvalue weighted by molar-refractivity contribution is 0.0489. The fraction of sp³-hybridized carbons (Fsp3) is 0.632. The summed E-state index contributed by atoms with van der Waals surface area (Å²) >= 11 is 3.53. The van der Waals surface area contributed by atoms with E-state index >= 15 is 0 Å². The highest BCUT2D eigenvalue weighted by molar-refractivity contribution is 9.10. The lowest BCUT2D eigenvalue weighted by Gasteiger charge is -2.32. The van der Waals surface area contributed by atoms with Crippen LogP contribution >= 0.6 is 15.9 Å². The minimum atomic E-state index is -0.442. The van der Waals surface area contributed by atoms with Crippen LogP contribution < -0.4 is 10.6 Å². The van der Waals surface area contributed by atoms with Gasteiger partial charge in [0.1, 0.15) is 5.60 Å². The van der Waals surface area contributed by atoms with Gasteiger partial charge in [0.2, 0.25) is 0 Å². The van der Waals surface area contributed by atoms with E-state index in [0.717, 1.165) is 30.2 Å². The smallest absolute Gasteiger partial charge is 0.407 e. The van der Waals surface area contributed by atoms with Gasteiger partial charge in [-0.2, -0.15) is 0 Å². The summed E-state index contributed by atoms with van der Waals surface area (Å²) < 4.78 is 6.44. The highest BCUT2D eigenvalue weighted by Crippen LogP contribution is 2.24. The predicted molar refractivity (Wildman–Crippen MR) is 101 cm³/mol. The lowest BCUT2D eigenvalue weighted by Crippen LogP contribution is -2.44. The number of nitrogens with one attached hydrogen (secondary N) is 2. The number of carbonyl (C=O) groups excluding carboxylic acids is 1. The molecule has 24 heavy (non-hydrogen) atoms. The summed E-state index contributed by atoms with van der Waals surface area (Å²) in [4.78, 5) is 11.8. The van der Waals surface area contributed by atoms with E-state index < -0.39 is 5.60 Å². The molecular weight excluding hydrogens is 368 g/mol. The molecule has 1 amide bonds. The number of amides is 1. The largest absolute Gasteiger partial charge is 0.444 e. The summed E-state index contributed by atoms with van der Waals surface area (Å²) in [5.41, 5.74) is 0.848. The Morgan fingerprint density at radius 2 is 1.83 bits per heavy atom. The Kier molecular flexibility index (Phi) is 6.70. The van der Waals surface area contributed by atoms with Crippen molar-refractivity contribution in [2.45, 2.75) is 77.1 Å². The van der Waals surface area contributed by atoms with Crippen LogP contribution in [0.3, 0.4) is 0 Å². The summed E-state index contributed by atoms with van der Waals surface area (Å²) in [6.45, 7) is 7.86. The van der Waals surface area contributed by atoms with Crippen LogP contribution in [0, 0.1) is 0 Å². The molecule has 0 unspecified atom stereocenters. The van der Waals surface area contributed by atoms with Crippen LogP contribution in [0.4, 0.5) is 4.79 Å². The van der Waals surface area contributed by atoms with Crippen LogP contribution in [-0.4, -0.2) is 23.8 Å². The number of alkyl carbamates (subject to hydrolysis) is 1. The van der Waals surface area contributed by atoms with Gasteiger partial charge in [0, 0.05) is 22.6 Å². The van der Waals surface area contributed by atoms with Gasteiger partial charge in [-0.05, 0) is 71.1 Å². The first-order chi connectivity index (χ1) is 11.2. The molecule has 0 aliphatic heterocycles. The molecule has 1 aliphatic rings. The van der Waals surface area contributed by atoms with E-state index in [1.54, 1.807) is 0 Å². The molecule has 2 rings (SSSR count). The lowest BCUT2D eigenvalue weighted by atomic mass is 9.90. The zero-order valence-corrected chi connectivity index (χ0v) is 16.7. The van der Waals surface area contributed by atoms with Gasteiger partial charge in [0.25, 0.3) is 0 Å². The van der Waals surface area contributed by atoms with E-state index in [2.05, 4.69) is 51.7 Å². The normalized spacial score (nSPS) is 22.7. The fourth-order valence-electron chi connectivity index (χ4n) is 3.10. The van der Waals surface area contributed by atoms with Crippen molar-refractivity contribution in [1.29, 1.82) is 0 Å². The second-order valence-electron chi connectivity index (χ2n) is 7.64. The van der Waals surface area contributed by atoms with Crippen molar-refractivity contribution in [3.8, 4) is 0 Å². The summed E-state index contributed by atoms with van der Waals surface area (Å²) in [5.74, 6) is 0. The van der Waals surface area contributed by atoms with E-state index in [4.69, 9.17) is 4.74 Å². The molecule has 0 heterocycles. The summed E-state index contributed by atoms with van der Waals surface area (Å²) in [7, 11) is 0. The van der Waals surface area contributed by atoms with Crippen LogP contribution in [0.2, 0.25) is 0 Å². The third-order valence-corrected chi connectivity index (χ3v) is 4.78. The van der Waals surface area contributed by atoms with Gasteiger partial charge in [0.05, 0.1) is 0 Å². The Bertz CT molecular complexity index is 549. The van der Waals surface area contributed by atoms with E-state index in [-0.39, 0.29) is 12.1 Å². The van der Waals surface area contributed by atoms with E-state index in [0.29, 0.717) is 12.1 Å². The maximum Gasteiger partial charge on any atom is 0.407 e. The zero-order valence-electron chi connectivity index (χ0n) is 15.1. The summed E-state index contributed by atoms with van der Waals surface area (Å²) in [6.07, 6.45) is 3.81. The third-order valence-electron chi connectivity index (χ3n) is 4.28. The molecule has 1 atom stereocenters. The Morgan fingerprint density at radius 1 is 1.21 bits per heavy atom. The van der Waals surface area contributed by atoms with Crippen molar-refractivity contribution < 1.29 is 9.53 Å². The zero-order chi connectivity index (χ0) is 17.7. The first-order valence-corrected chi connectivity index (χ1v) is 9.53. The van der Waals surface area contributed by atoms with Crippen molar-refractivity contribution in [3.05, 3.63) is 34.3 Å². The maximum atomic E-state index is 11.8. The quantitative estimate of drug-likeness (QED) is 0.757. The van der Waals surface area contributed by atoms with Crippen molar-refractivity contribution >= 4 is 22.0 Å². The third kappa shape index (κ3) is 6.44. The molecule has 0 saturated heterocycles. The monoisotopic (exact) mass is 396 g/mol. The first-order valence-electron chi connectivity index (χ1n) is 8.74. The molecule has 1 aromatic rings. The van der Waals surface area contributed by atoms with Crippen molar-refractivity contribution in [3.63, 3.8) is 0 Å². The molecule has 0 radical (unpaired) electrons. The van der Waals surface area contributed by atoms with Gasteiger partial charge in [-0.25, -0.2) is 4.79 Å². The first kappa shape index (κ1) is 19.3. The van der Waals surface area contributed by atoms with Crippen molar-refractivity contribution in [2.24, 2.45) is 0 Å². The van der Waals surface area contributed by atoms with Crippen LogP contribution in [0.5, 0.6) is 0 Å². The van der Waals surface area contributed by atoms with Gasteiger partial charge in [-0.1, -0.05) is 28.1 Å². The average Bonchev–Trinajstić information content (AvgIpc) is 2.47. The molecule has 134 valence electrons. The number of hydrogen-bond acceptors (Lipinski definition) is 3.